The number of anilines is 1. The molecule has 1 amide bonds. The highest BCUT2D eigenvalue weighted by atomic mass is 32.2. The highest BCUT2D eigenvalue weighted by Crippen LogP contribution is 2.26. The first-order valence-electron chi connectivity index (χ1n) is 9.48. The van der Waals surface area contributed by atoms with Gasteiger partial charge in [0.15, 0.2) is 6.17 Å². The maximum atomic E-state index is 12.2. The van der Waals surface area contributed by atoms with E-state index in [-0.39, 0.29) is 10.8 Å². The molecule has 0 aliphatic carbocycles. The van der Waals surface area contributed by atoms with Crippen LogP contribution >= 0.6 is 0 Å². The highest BCUT2D eigenvalue weighted by Gasteiger charge is 2.27. The standard InChI is InChI=1S/C16H15N3O.C7H8O3S/c1-19-13-10-6-5-9-12(13)14(18-15(17)16(19)20)11-7-3-2-4-8-11;1-6-2-4-7(5-3-6)11(8,9)10/h2-10,15H,17H2,1H3;2-5H,1H3,(H,8,9,10). The van der Waals surface area contributed by atoms with E-state index in [1.165, 1.54) is 12.1 Å². The second kappa shape index (κ2) is 9.22. The van der Waals surface area contributed by atoms with Gasteiger partial charge in [-0.25, -0.2) is 0 Å². The molecule has 1 aliphatic rings. The number of carbonyl (C=O) groups is 1. The Labute approximate surface area is 181 Å². The Morgan fingerprint density at radius 2 is 1.52 bits per heavy atom. The summed E-state index contributed by atoms with van der Waals surface area (Å²) in [5.74, 6) is -0.205. The van der Waals surface area contributed by atoms with Gasteiger partial charge < -0.3 is 10.6 Å². The van der Waals surface area contributed by atoms with E-state index >= 15 is 0 Å². The molecule has 0 bridgehead atoms. The van der Waals surface area contributed by atoms with E-state index in [0.717, 1.165) is 28.1 Å². The number of hydrogen-bond acceptors (Lipinski definition) is 5. The Kier molecular flexibility index (Phi) is 6.65. The van der Waals surface area contributed by atoms with Crippen molar-refractivity contribution in [1.82, 2.24) is 0 Å². The summed E-state index contributed by atoms with van der Waals surface area (Å²) in [6.07, 6.45) is -0.873. The number of amides is 1. The van der Waals surface area contributed by atoms with Crippen LogP contribution in [0.15, 0.2) is 88.8 Å². The van der Waals surface area contributed by atoms with Crippen LogP contribution in [0.2, 0.25) is 0 Å². The fourth-order valence-corrected chi connectivity index (χ4v) is 3.56. The molecule has 0 aromatic heterocycles. The highest BCUT2D eigenvalue weighted by molar-refractivity contribution is 7.85. The van der Waals surface area contributed by atoms with Crippen molar-refractivity contribution in [2.24, 2.45) is 10.7 Å². The third kappa shape index (κ3) is 5.24. The molecule has 3 N–H and O–H groups in total. The molecule has 1 unspecified atom stereocenters. The SMILES string of the molecule is CN1C(=O)C(N)N=C(c2ccccc2)c2ccccc21.Cc1ccc(S(=O)(=O)O)cc1. The van der Waals surface area contributed by atoms with Gasteiger partial charge in [0.05, 0.1) is 16.3 Å². The van der Waals surface area contributed by atoms with Crippen molar-refractivity contribution in [3.05, 3.63) is 95.6 Å². The van der Waals surface area contributed by atoms with Crippen molar-refractivity contribution < 1.29 is 17.8 Å². The van der Waals surface area contributed by atoms with Crippen LogP contribution in [0.3, 0.4) is 0 Å². The predicted molar refractivity (Wildman–Crippen MR) is 121 cm³/mol. The smallest absolute Gasteiger partial charge is 0.294 e. The van der Waals surface area contributed by atoms with Gasteiger partial charge in [0.2, 0.25) is 0 Å². The van der Waals surface area contributed by atoms with E-state index in [4.69, 9.17) is 10.3 Å². The fraction of sp³-hybridized carbons (Fsp3) is 0.130. The lowest BCUT2D eigenvalue weighted by atomic mass is 10.0. The normalized spacial score (nSPS) is 15.9. The molecule has 3 aromatic rings. The van der Waals surface area contributed by atoms with Crippen LogP contribution in [0.4, 0.5) is 5.69 Å². The van der Waals surface area contributed by atoms with Gasteiger partial charge in [-0.1, -0.05) is 66.2 Å². The maximum Gasteiger partial charge on any atom is 0.294 e. The van der Waals surface area contributed by atoms with Crippen molar-refractivity contribution in [2.75, 3.05) is 11.9 Å². The molecule has 31 heavy (non-hydrogen) atoms. The van der Waals surface area contributed by atoms with E-state index < -0.39 is 16.3 Å². The number of para-hydroxylation sites is 1. The average Bonchev–Trinajstić information content (AvgIpc) is 2.85. The number of nitrogens with zero attached hydrogens (tertiary/aromatic N) is 2. The van der Waals surface area contributed by atoms with E-state index in [0.29, 0.717) is 0 Å². The maximum absolute atomic E-state index is 12.2. The summed E-state index contributed by atoms with van der Waals surface area (Å²) in [5.41, 5.74) is 10.3. The predicted octanol–water partition coefficient (Wildman–Crippen LogP) is 3.03. The molecular weight excluding hydrogens is 414 g/mol. The van der Waals surface area contributed by atoms with Crippen molar-refractivity contribution >= 4 is 27.4 Å². The zero-order chi connectivity index (χ0) is 22.6. The number of rotatable bonds is 2. The second-order valence-electron chi connectivity index (χ2n) is 6.99. The molecule has 1 heterocycles. The number of likely N-dealkylation sites (N-methyl/N-ethyl adjacent to an activating group) is 1. The molecule has 0 saturated heterocycles. The number of nitrogens with two attached hydrogens (primary N) is 1. The lowest BCUT2D eigenvalue weighted by molar-refractivity contribution is -0.119. The third-order valence-electron chi connectivity index (χ3n) is 4.74. The summed E-state index contributed by atoms with van der Waals surface area (Å²) in [6, 6.07) is 23.5. The Morgan fingerprint density at radius 1 is 0.935 bits per heavy atom. The molecule has 1 aliphatic heterocycles. The van der Waals surface area contributed by atoms with Crippen LogP contribution in [0.5, 0.6) is 0 Å². The number of aryl methyl sites for hydroxylation is 1. The lowest BCUT2D eigenvalue weighted by Gasteiger charge is -2.18. The summed E-state index contributed by atoms with van der Waals surface area (Å²) in [7, 11) is -2.29. The van der Waals surface area contributed by atoms with Crippen molar-refractivity contribution in [2.45, 2.75) is 18.0 Å². The van der Waals surface area contributed by atoms with Crippen molar-refractivity contribution in [3.63, 3.8) is 0 Å². The molecule has 4 rings (SSSR count). The van der Waals surface area contributed by atoms with Crippen LogP contribution in [0.25, 0.3) is 0 Å². The number of benzodiazepines with no additional fused rings is 1. The molecule has 7 nitrogen and oxygen atoms in total. The van der Waals surface area contributed by atoms with E-state index in [2.05, 4.69) is 4.99 Å². The van der Waals surface area contributed by atoms with Gasteiger partial charge in [-0.05, 0) is 25.1 Å². The zero-order valence-corrected chi connectivity index (χ0v) is 18.0. The summed E-state index contributed by atoms with van der Waals surface area (Å²) >= 11 is 0. The van der Waals surface area contributed by atoms with Gasteiger partial charge in [0.25, 0.3) is 16.0 Å². The van der Waals surface area contributed by atoms with E-state index in [1.807, 2.05) is 61.5 Å². The molecule has 0 fully saturated rings. The van der Waals surface area contributed by atoms with Crippen molar-refractivity contribution in [3.8, 4) is 0 Å². The van der Waals surface area contributed by atoms with Crippen molar-refractivity contribution in [1.29, 1.82) is 0 Å². The average molecular weight is 438 g/mol. The number of aliphatic imine (C=N–C) groups is 1. The minimum Gasteiger partial charge on any atom is -0.312 e. The van der Waals surface area contributed by atoms with Crippen LogP contribution in [-0.2, 0) is 14.9 Å². The molecule has 3 aromatic carbocycles. The summed E-state index contributed by atoms with van der Waals surface area (Å²) in [4.78, 5) is 18.1. The number of hydrogen-bond donors (Lipinski definition) is 2. The quantitative estimate of drug-likeness (QED) is 0.599. The lowest BCUT2D eigenvalue weighted by Crippen LogP contribution is -2.39. The Hall–Kier alpha value is -3.33. The van der Waals surface area contributed by atoms with Crippen LogP contribution in [-0.4, -0.2) is 37.8 Å². The van der Waals surface area contributed by atoms with Crippen LogP contribution in [0, 0.1) is 6.92 Å². The third-order valence-corrected chi connectivity index (χ3v) is 5.61. The topological polar surface area (TPSA) is 113 Å². The first kappa shape index (κ1) is 22.4. The largest absolute Gasteiger partial charge is 0.312 e. The van der Waals surface area contributed by atoms with Gasteiger partial charge in [-0.3, -0.25) is 14.3 Å². The molecule has 0 radical (unpaired) electrons. The van der Waals surface area contributed by atoms with Gasteiger partial charge in [0, 0.05) is 18.2 Å². The molecule has 8 heteroatoms. The van der Waals surface area contributed by atoms with E-state index in [9.17, 15) is 13.2 Å². The first-order chi connectivity index (χ1) is 14.7. The summed E-state index contributed by atoms with van der Waals surface area (Å²) in [6.45, 7) is 1.84. The van der Waals surface area contributed by atoms with Crippen LogP contribution < -0.4 is 10.6 Å². The van der Waals surface area contributed by atoms with Crippen LogP contribution in [0.1, 0.15) is 16.7 Å². The van der Waals surface area contributed by atoms with Gasteiger partial charge in [-0.2, -0.15) is 8.42 Å². The minimum atomic E-state index is -4.02. The van der Waals surface area contributed by atoms with Gasteiger partial charge in [-0.15, -0.1) is 0 Å². The number of benzene rings is 3. The molecule has 1 atom stereocenters. The monoisotopic (exact) mass is 437 g/mol. The zero-order valence-electron chi connectivity index (χ0n) is 17.1. The Balaban J connectivity index is 0.000000210. The van der Waals surface area contributed by atoms with Gasteiger partial charge in [0.1, 0.15) is 0 Å². The fourth-order valence-electron chi connectivity index (χ4n) is 3.08. The number of fused-ring (bicyclic) bond motifs is 1. The summed E-state index contributed by atoms with van der Waals surface area (Å²) in [5, 5.41) is 0. The molecule has 160 valence electrons. The second-order valence-corrected chi connectivity index (χ2v) is 8.41. The van der Waals surface area contributed by atoms with E-state index in [1.54, 1.807) is 24.1 Å². The summed E-state index contributed by atoms with van der Waals surface area (Å²) < 4.78 is 29.6. The Morgan fingerprint density at radius 3 is 2.13 bits per heavy atom. The molecular formula is C23H23N3O4S. The van der Waals surface area contributed by atoms with Gasteiger partial charge >= 0.3 is 0 Å². The minimum absolute atomic E-state index is 0.0666. The first-order valence-corrected chi connectivity index (χ1v) is 10.9. The Bertz CT molecular complexity index is 1210. The molecule has 0 saturated carbocycles. The number of carbonyl (C=O) groups excluding carboxylic acids is 1. The molecule has 0 spiro atoms.